The zero-order chi connectivity index (χ0) is 21.8. The summed E-state index contributed by atoms with van der Waals surface area (Å²) in [4.78, 5) is 16.7. The maximum atomic E-state index is 12.6. The Morgan fingerprint density at radius 1 is 1.13 bits per heavy atom. The van der Waals surface area contributed by atoms with Crippen molar-refractivity contribution >= 4 is 16.7 Å². The number of amides is 1. The molecule has 7 nitrogen and oxygen atoms in total. The topological polar surface area (TPSA) is 79.0 Å². The van der Waals surface area contributed by atoms with Gasteiger partial charge in [0.15, 0.2) is 0 Å². The molecule has 4 rings (SSSR count). The Labute approximate surface area is 182 Å². The molecule has 0 aliphatic carbocycles. The highest BCUT2D eigenvalue weighted by Gasteiger charge is 2.24. The van der Waals surface area contributed by atoms with Crippen molar-refractivity contribution in [3.8, 4) is 5.75 Å². The van der Waals surface area contributed by atoms with Crippen molar-refractivity contribution in [1.29, 1.82) is 0 Å². The maximum Gasteiger partial charge on any atom is 0.227 e. The summed E-state index contributed by atoms with van der Waals surface area (Å²) in [6.45, 7) is 7.23. The molecule has 1 N–H and O–H groups in total. The second-order valence-electron chi connectivity index (χ2n) is 8.10. The number of fused-ring (bicyclic) bond motifs is 1. The fourth-order valence-corrected chi connectivity index (χ4v) is 4.06. The van der Waals surface area contributed by atoms with E-state index in [2.05, 4.69) is 10.1 Å². The van der Waals surface area contributed by atoms with Crippen LogP contribution in [0.5, 0.6) is 5.75 Å². The van der Waals surface area contributed by atoms with E-state index in [9.17, 15) is 9.90 Å². The summed E-state index contributed by atoms with van der Waals surface area (Å²) in [6, 6.07) is 14.0. The van der Waals surface area contributed by atoms with Crippen molar-refractivity contribution < 1.29 is 19.2 Å². The van der Waals surface area contributed by atoms with Crippen LogP contribution in [-0.2, 0) is 11.2 Å². The summed E-state index contributed by atoms with van der Waals surface area (Å²) < 4.78 is 11.1. The number of aliphatic hydroxyl groups excluding tert-OH is 1. The number of benzene rings is 2. The van der Waals surface area contributed by atoms with E-state index < -0.39 is 6.10 Å². The Hall–Kier alpha value is -2.90. The molecule has 1 atom stereocenters. The third-order valence-electron chi connectivity index (χ3n) is 5.88. The van der Waals surface area contributed by atoms with Crippen molar-refractivity contribution in [2.75, 3.05) is 39.3 Å². The number of rotatable bonds is 7. The Bertz CT molecular complexity index is 1020. The molecule has 31 heavy (non-hydrogen) atoms. The highest BCUT2D eigenvalue weighted by molar-refractivity contribution is 5.88. The zero-order valence-corrected chi connectivity index (χ0v) is 18.1. The smallest absolute Gasteiger partial charge is 0.227 e. The largest absolute Gasteiger partial charge is 0.490 e. The van der Waals surface area contributed by atoms with Crippen molar-refractivity contribution in [3.63, 3.8) is 0 Å². The quantitative estimate of drug-likeness (QED) is 0.629. The van der Waals surface area contributed by atoms with Crippen LogP contribution in [-0.4, -0.2) is 71.4 Å². The molecule has 0 spiro atoms. The highest BCUT2D eigenvalue weighted by Crippen LogP contribution is 2.25. The molecule has 1 aliphatic heterocycles. The number of ether oxygens (including phenoxy) is 1. The third kappa shape index (κ3) is 5.06. The fraction of sp³-hybridized carbons (Fsp3) is 0.417. The first-order valence-corrected chi connectivity index (χ1v) is 10.7. The van der Waals surface area contributed by atoms with Gasteiger partial charge in [0.2, 0.25) is 5.91 Å². The molecule has 2 heterocycles. The third-order valence-corrected chi connectivity index (χ3v) is 5.88. The number of aliphatic hydroxyl groups is 1. The number of nitrogens with zero attached hydrogens (tertiary/aromatic N) is 3. The predicted octanol–water partition coefficient (Wildman–Crippen LogP) is 2.57. The van der Waals surface area contributed by atoms with E-state index >= 15 is 0 Å². The van der Waals surface area contributed by atoms with E-state index in [0.717, 1.165) is 40.9 Å². The summed E-state index contributed by atoms with van der Waals surface area (Å²) in [5.41, 5.74) is 1.66. The first-order chi connectivity index (χ1) is 15.0. The van der Waals surface area contributed by atoms with E-state index in [1.54, 1.807) is 0 Å². The molecule has 1 fully saturated rings. The van der Waals surface area contributed by atoms with E-state index in [0.29, 0.717) is 31.8 Å². The molecule has 0 saturated carbocycles. The lowest BCUT2D eigenvalue weighted by Gasteiger charge is -2.35. The highest BCUT2D eigenvalue weighted by atomic mass is 16.5. The molecule has 3 aromatic rings. The summed E-state index contributed by atoms with van der Waals surface area (Å²) in [5, 5.41) is 16.6. The molecule has 1 amide bonds. The van der Waals surface area contributed by atoms with Crippen LogP contribution < -0.4 is 4.74 Å². The molecular weight excluding hydrogens is 394 g/mol. The van der Waals surface area contributed by atoms with Crippen LogP contribution in [0.2, 0.25) is 0 Å². The van der Waals surface area contributed by atoms with Gasteiger partial charge in [-0.15, -0.1) is 0 Å². The van der Waals surface area contributed by atoms with Gasteiger partial charge in [0.1, 0.15) is 24.2 Å². The van der Waals surface area contributed by atoms with E-state index in [1.807, 2.05) is 61.2 Å². The maximum absolute atomic E-state index is 12.6. The van der Waals surface area contributed by atoms with Crippen molar-refractivity contribution in [3.05, 3.63) is 59.5 Å². The number of hydrogen-bond donors (Lipinski definition) is 1. The predicted molar refractivity (Wildman–Crippen MR) is 118 cm³/mol. The Morgan fingerprint density at radius 2 is 1.87 bits per heavy atom. The van der Waals surface area contributed by atoms with Gasteiger partial charge in [-0.05, 0) is 25.3 Å². The van der Waals surface area contributed by atoms with Crippen LogP contribution >= 0.6 is 0 Å². The lowest BCUT2D eigenvalue weighted by Crippen LogP contribution is -2.51. The van der Waals surface area contributed by atoms with Gasteiger partial charge in [-0.25, -0.2) is 0 Å². The van der Waals surface area contributed by atoms with Crippen LogP contribution in [0.4, 0.5) is 0 Å². The number of β-amino-alcohol motifs (C(OH)–C–C–N with tert-alkyl or cyclic N) is 1. The SMILES string of the molecule is Cc1noc(C)c1CC(=O)N1CCN(CC(O)COc2cccc3ccccc23)CC1. The molecule has 1 aliphatic rings. The van der Waals surface area contributed by atoms with Crippen molar-refractivity contribution in [2.45, 2.75) is 26.4 Å². The van der Waals surface area contributed by atoms with Gasteiger partial charge >= 0.3 is 0 Å². The molecule has 0 bridgehead atoms. The zero-order valence-electron chi connectivity index (χ0n) is 18.1. The van der Waals surface area contributed by atoms with Gasteiger partial charge in [0.25, 0.3) is 0 Å². The normalized spacial score (nSPS) is 15.9. The van der Waals surface area contributed by atoms with Gasteiger partial charge in [-0.1, -0.05) is 41.6 Å². The van der Waals surface area contributed by atoms with Gasteiger partial charge in [0.05, 0.1) is 12.1 Å². The standard InChI is InChI=1S/C24H29N3O4/c1-17-22(18(2)31-25-17)14-24(29)27-12-10-26(11-13-27)15-20(28)16-30-23-9-5-7-19-6-3-4-8-21(19)23/h3-9,20,28H,10-16H2,1-2H3. The number of carbonyl (C=O) groups excluding carboxylic acids is 1. The van der Waals surface area contributed by atoms with E-state index in [-0.39, 0.29) is 12.5 Å². The molecule has 1 unspecified atom stereocenters. The Kier molecular flexibility index (Phi) is 6.53. The number of aryl methyl sites for hydroxylation is 2. The summed E-state index contributed by atoms with van der Waals surface area (Å²) in [7, 11) is 0. The molecule has 164 valence electrons. The lowest BCUT2D eigenvalue weighted by molar-refractivity contribution is -0.132. The molecule has 0 radical (unpaired) electrons. The van der Waals surface area contributed by atoms with Gasteiger partial charge in [-0.2, -0.15) is 0 Å². The van der Waals surface area contributed by atoms with Crippen LogP contribution in [0.1, 0.15) is 17.0 Å². The average molecular weight is 424 g/mol. The monoisotopic (exact) mass is 423 g/mol. The molecule has 1 aromatic heterocycles. The van der Waals surface area contributed by atoms with Gasteiger partial charge < -0.3 is 19.3 Å². The number of carbonyl (C=O) groups is 1. The average Bonchev–Trinajstić information content (AvgIpc) is 3.10. The molecule has 7 heteroatoms. The van der Waals surface area contributed by atoms with Crippen LogP contribution in [0, 0.1) is 13.8 Å². The van der Waals surface area contributed by atoms with Crippen LogP contribution in [0.25, 0.3) is 10.8 Å². The number of hydrogen-bond acceptors (Lipinski definition) is 6. The summed E-state index contributed by atoms with van der Waals surface area (Å²) >= 11 is 0. The van der Waals surface area contributed by atoms with Crippen LogP contribution in [0.3, 0.4) is 0 Å². The number of aromatic nitrogens is 1. The minimum Gasteiger partial charge on any atom is -0.490 e. The first-order valence-electron chi connectivity index (χ1n) is 10.7. The first kappa shape index (κ1) is 21.3. The van der Waals surface area contributed by atoms with Crippen molar-refractivity contribution in [2.24, 2.45) is 0 Å². The Morgan fingerprint density at radius 3 is 2.61 bits per heavy atom. The Balaban J connectivity index is 1.23. The minimum atomic E-state index is -0.594. The second kappa shape index (κ2) is 9.49. The van der Waals surface area contributed by atoms with Gasteiger partial charge in [0, 0.05) is 43.7 Å². The van der Waals surface area contributed by atoms with Gasteiger partial charge in [-0.3, -0.25) is 9.69 Å². The van der Waals surface area contributed by atoms with E-state index in [4.69, 9.17) is 9.26 Å². The minimum absolute atomic E-state index is 0.0916. The van der Waals surface area contributed by atoms with Crippen LogP contribution in [0.15, 0.2) is 47.0 Å². The second-order valence-corrected chi connectivity index (χ2v) is 8.10. The lowest BCUT2D eigenvalue weighted by atomic mass is 10.1. The summed E-state index contributed by atoms with van der Waals surface area (Å²) in [6.07, 6.45) is -0.272. The summed E-state index contributed by atoms with van der Waals surface area (Å²) in [5.74, 6) is 1.58. The van der Waals surface area contributed by atoms with Crippen molar-refractivity contribution in [1.82, 2.24) is 15.0 Å². The molecule has 1 saturated heterocycles. The molecule has 2 aromatic carbocycles. The fourth-order valence-electron chi connectivity index (χ4n) is 4.06. The number of piperazine rings is 1. The van der Waals surface area contributed by atoms with E-state index in [1.165, 1.54) is 0 Å². The molecular formula is C24H29N3O4.